The number of hydrogen-bond donors (Lipinski definition) is 0. The summed E-state index contributed by atoms with van der Waals surface area (Å²) in [5.41, 5.74) is 0. The molecule has 0 N–H and O–H groups in total. The van der Waals surface area contributed by atoms with E-state index in [0.29, 0.717) is 18.6 Å². The highest BCUT2D eigenvalue weighted by Crippen LogP contribution is 2.28. The lowest BCUT2D eigenvalue weighted by Crippen LogP contribution is -2.27. The zero-order valence-corrected chi connectivity index (χ0v) is 8.91. The first-order valence-electron chi connectivity index (χ1n) is 5.24. The first-order chi connectivity index (χ1) is 6.65. The summed E-state index contributed by atoms with van der Waals surface area (Å²) in [6, 6.07) is 0. The van der Waals surface area contributed by atoms with Gasteiger partial charge in [-0.3, -0.25) is 9.59 Å². The Morgan fingerprint density at radius 3 is 2.86 bits per heavy atom. The number of hydrogen-bond acceptors (Lipinski definition) is 3. The van der Waals surface area contributed by atoms with Crippen molar-refractivity contribution >= 4 is 11.8 Å². The summed E-state index contributed by atoms with van der Waals surface area (Å²) < 4.78 is 4.60. The topological polar surface area (TPSA) is 43.4 Å². The van der Waals surface area contributed by atoms with Crippen LogP contribution in [0.2, 0.25) is 0 Å². The average Bonchev–Trinajstić information content (AvgIpc) is 2.18. The first kappa shape index (κ1) is 11.2. The van der Waals surface area contributed by atoms with Crippen LogP contribution in [0.1, 0.15) is 39.0 Å². The van der Waals surface area contributed by atoms with E-state index in [0.717, 1.165) is 19.3 Å². The van der Waals surface area contributed by atoms with Crippen LogP contribution in [0.25, 0.3) is 0 Å². The predicted molar refractivity (Wildman–Crippen MR) is 52.8 cm³/mol. The van der Waals surface area contributed by atoms with Crippen LogP contribution in [-0.4, -0.2) is 18.9 Å². The second-order valence-corrected chi connectivity index (χ2v) is 4.08. The normalized spacial score (nSPS) is 24.4. The SMILES string of the molecule is COC(=O)CC(C)C1CCCCC1=O. The summed E-state index contributed by atoms with van der Waals surface area (Å²) in [6.07, 6.45) is 4.13. The van der Waals surface area contributed by atoms with Crippen molar-refractivity contribution < 1.29 is 14.3 Å². The minimum atomic E-state index is -0.212. The van der Waals surface area contributed by atoms with Crippen LogP contribution in [0.4, 0.5) is 0 Å². The molecule has 0 heterocycles. The zero-order chi connectivity index (χ0) is 10.6. The van der Waals surface area contributed by atoms with Gasteiger partial charge < -0.3 is 4.74 Å². The molecule has 0 radical (unpaired) electrons. The van der Waals surface area contributed by atoms with Crippen molar-refractivity contribution in [3.63, 3.8) is 0 Å². The highest BCUT2D eigenvalue weighted by Gasteiger charge is 2.28. The third kappa shape index (κ3) is 2.82. The maximum Gasteiger partial charge on any atom is 0.305 e. The minimum absolute atomic E-state index is 0.0860. The molecule has 0 aromatic rings. The van der Waals surface area contributed by atoms with Gasteiger partial charge >= 0.3 is 5.97 Å². The van der Waals surface area contributed by atoms with Crippen LogP contribution < -0.4 is 0 Å². The molecule has 0 aromatic carbocycles. The van der Waals surface area contributed by atoms with Crippen LogP contribution in [-0.2, 0) is 14.3 Å². The van der Waals surface area contributed by atoms with Gasteiger partial charge in [0.25, 0.3) is 0 Å². The summed E-state index contributed by atoms with van der Waals surface area (Å²) in [4.78, 5) is 22.6. The molecular weight excluding hydrogens is 180 g/mol. The molecule has 80 valence electrons. The molecule has 2 atom stereocenters. The number of carbonyl (C=O) groups excluding carboxylic acids is 2. The van der Waals surface area contributed by atoms with Gasteiger partial charge in [0, 0.05) is 18.8 Å². The van der Waals surface area contributed by atoms with Crippen LogP contribution in [0.3, 0.4) is 0 Å². The van der Waals surface area contributed by atoms with Crippen molar-refractivity contribution in [2.45, 2.75) is 39.0 Å². The Labute approximate surface area is 84.8 Å². The molecule has 0 spiro atoms. The van der Waals surface area contributed by atoms with Gasteiger partial charge in [-0.2, -0.15) is 0 Å². The Bertz CT molecular complexity index is 223. The lowest BCUT2D eigenvalue weighted by Gasteiger charge is -2.25. The van der Waals surface area contributed by atoms with Crippen molar-refractivity contribution in [1.82, 2.24) is 0 Å². The highest BCUT2D eigenvalue weighted by atomic mass is 16.5. The fourth-order valence-corrected chi connectivity index (χ4v) is 2.10. The van der Waals surface area contributed by atoms with E-state index in [1.54, 1.807) is 0 Å². The molecule has 0 saturated heterocycles. The van der Waals surface area contributed by atoms with Crippen molar-refractivity contribution in [2.24, 2.45) is 11.8 Å². The molecule has 0 aliphatic heterocycles. The Balaban J connectivity index is 2.45. The van der Waals surface area contributed by atoms with E-state index >= 15 is 0 Å². The summed E-state index contributed by atoms with van der Waals surface area (Å²) in [5.74, 6) is 0.335. The Kier molecular flexibility index (Phi) is 4.11. The van der Waals surface area contributed by atoms with Crippen molar-refractivity contribution in [2.75, 3.05) is 7.11 Å². The smallest absolute Gasteiger partial charge is 0.305 e. The molecule has 1 fully saturated rings. The number of Topliss-reactive ketones (excluding diaryl/α,β-unsaturated/α-hetero) is 1. The molecule has 2 unspecified atom stereocenters. The number of carbonyl (C=O) groups is 2. The fourth-order valence-electron chi connectivity index (χ4n) is 2.10. The summed E-state index contributed by atoms with van der Waals surface area (Å²) in [7, 11) is 1.39. The maximum atomic E-state index is 11.6. The lowest BCUT2D eigenvalue weighted by molar-refractivity contribution is -0.142. The molecule has 0 bridgehead atoms. The van der Waals surface area contributed by atoms with Gasteiger partial charge in [0.2, 0.25) is 0 Å². The van der Waals surface area contributed by atoms with Gasteiger partial charge in [-0.1, -0.05) is 13.3 Å². The van der Waals surface area contributed by atoms with Gasteiger partial charge in [-0.25, -0.2) is 0 Å². The predicted octanol–water partition coefficient (Wildman–Crippen LogP) is 1.94. The van der Waals surface area contributed by atoms with E-state index < -0.39 is 0 Å². The van der Waals surface area contributed by atoms with Crippen molar-refractivity contribution in [3.8, 4) is 0 Å². The monoisotopic (exact) mass is 198 g/mol. The fraction of sp³-hybridized carbons (Fsp3) is 0.818. The molecule has 1 rings (SSSR count). The molecule has 3 nitrogen and oxygen atoms in total. The number of ketones is 1. The zero-order valence-electron chi connectivity index (χ0n) is 8.91. The number of ether oxygens (including phenoxy) is 1. The Morgan fingerprint density at radius 2 is 2.29 bits per heavy atom. The van der Waals surface area contributed by atoms with Gasteiger partial charge in [0.05, 0.1) is 7.11 Å². The highest BCUT2D eigenvalue weighted by molar-refractivity contribution is 5.82. The molecule has 14 heavy (non-hydrogen) atoms. The Morgan fingerprint density at radius 1 is 1.57 bits per heavy atom. The van der Waals surface area contributed by atoms with E-state index in [-0.39, 0.29) is 17.8 Å². The second-order valence-electron chi connectivity index (χ2n) is 4.08. The quantitative estimate of drug-likeness (QED) is 0.651. The van der Waals surface area contributed by atoms with Crippen LogP contribution in [0.15, 0.2) is 0 Å². The third-order valence-corrected chi connectivity index (χ3v) is 3.01. The number of esters is 1. The van der Waals surface area contributed by atoms with Crippen LogP contribution in [0.5, 0.6) is 0 Å². The number of methoxy groups -OCH3 is 1. The molecular formula is C11H18O3. The van der Waals surface area contributed by atoms with E-state index in [1.165, 1.54) is 7.11 Å². The van der Waals surface area contributed by atoms with E-state index in [9.17, 15) is 9.59 Å². The molecule has 3 heteroatoms. The molecule has 1 aliphatic carbocycles. The standard InChI is InChI=1S/C11H18O3/c1-8(7-11(13)14-2)9-5-3-4-6-10(9)12/h8-9H,3-7H2,1-2H3. The molecule has 1 aliphatic rings. The summed E-state index contributed by atoms with van der Waals surface area (Å²) >= 11 is 0. The lowest BCUT2D eigenvalue weighted by atomic mass is 9.78. The van der Waals surface area contributed by atoms with E-state index in [1.807, 2.05) is 6.92 Å². The van der Waals surface area contributed by atoms with Gasteiger partial charge in [-0.05, 0) is 18.8 Å². The molecule has 0 aromatic heterocycles. The summed E-state index contributed by atoms with van der Waals surface area (Å²) in [6.45, 7) is 1.96. The third-order valence-electron chi connectivity index (χ3n) is 3.01. The second kappa shape index (κ2) is 5.13. The summed E-state index contributed by atoms with van der Waals surface area (Å²) in [5, 5.41) is 0. The van der Waals surface area contributed by atoms with E-state index in [4.69, 9.17) is 0 Å². The minimum Gasteiger partial charge on any atom is -0.469 e. The van der Waals surface area contributed by atoms with Crippen molar-refractivity contribution in [1.29, 1.82) is 0 Å². The average molecular weight is 198 g/mol. The van der Waals surface area contributed by atoms with Crippen molar-refractivity contribution in [3.05, 3.63) is 0 Å². The van der Waals surface area contributed by atoms with Gasteiger partial charge in [-0.15, -0.1) is 0 Å². The van der Waals surface area contributed by atoms with E-state index in [2.05, 4.69) is 4.74 Å². The van der Waals surface area contributed by atoms with Crippen LogP contribution in [0, 0.1) is 11.8 Å². The Hall–Kier alpha value is -0.860. The molecule has 0 amide bonds. The number of rotatable bonds is 3. The van der Waals surface area contributed by atoms with Crippen LogP contribution >= 0.6 is 0 Å². The maximum absolute atomic E-state index is 11.6. The largest absolute Gasteiger partial charge is 0.469 e. The van der Waals surface area contributed by atoms with Gasteiger partial charge in [0.1, 0.15) is 5.78 Å². The van der Waals surface area contributed by atoms with Gasteiger partial charge in [0.15, 0.2) is 0 Å². The first-order valence-corrected chi connectivity index (χ1v) is 5.24. The molecule has 1 saturated carbocycles.